The van der Waals surface area contributed by atoms with Crippen molar-refractivity contribution in [3.63, 3.8) is 0 Å². The predicted octanol–water partition coefficient (Wildman–Crippen LogP) is 2.23. The molecule has 0 saturated heterocycles. The van der Waals surface area contributed by atoms with E-state index >= 15 is 0 Å². The van der Waals surface area contributed by atoms with Gasteiger partial charge in [0.15, 0.2) is 6.61 Å². The van der Waals surface area contributed by atoms with Crippen LogP contribution in [0, 0.1) is 12.8 Å². The Balaban J connectivity index is 1.19. The molecule has 2 aliphatic heterocycles. The summed E-state index contributed by atoms with van der Waals surface area (Å²) in [6.07, 6.45) is 4.38. The van der Waals surface area contributed by atoms with E-state index in [1.54, 1.807) is 32.0 Å². The lowest BCUT2D eigenvalue weighted by Gasteiger charge is -2.31. The molecule has 1 fully saturated rings. The molecule has 1 aromatic carbocycles. The smallest absolute Gasteiger partial charge is 0.270 e. The van der Waals surface area contributed by atoms with Gasteiger partial charge in [-0.15, -0.1) is 0 Å². The molecule has 37 heavy (non-hydrogen) atoms. The minimum Gasteiger partial charge on any atom is -0.482 e. The van der Waals surface area contributed by atoms with Gasteiger partial charge in [-0.3, -0.25) is 14.4 Å². The molecule has 0 spiro atoms. The molecule has 1 saturated carbocycles. The zero-order valence-electron chi connectivity index (χ0n) is 20.9. The van der Waals surface area contributed by atoms with Gasteiger partial charge in [-0.25, -0.2) is 9.97 Å². The fourth-order valence-electron chi connectivity index (χ4n) is 5.07. The predicted molar refractivity (Wildman–Crippen MR) is 134 cm³/mol. The minimum absolute atomic E-state index is 0.00468. The highest BCUT2D eigenvalue weighted by atomic mass is 16.6. The highest BCUT2D eigenvalue weighted by molar-refractivity contribution is 6.02. The molecule has 0 radical (unpaired) electrons. The third-order valence-electron chi connectivity index (χ3n) is 6.89. The van der Waals surface area contributed by atoms with Gasteiger partial charge in [0, 0.05) is 25.9 Å². The fourth-order valence-corrected chi connectivity index (χ4v) is 5.07. The van der Waals surface area contributed by atoms with Gasteiger partial charge in [0.25, 0.3) is 11.8 Å². The van der Waals surface area contributed by atoms with Crippen molar-refractivity contribution in [1.82, 2.24) is 20.6 Å². The molecule has 0 bridgehead atoms. The van der Waals surface area contributed by atoms with E-state index in [2.05, 4.69) is 31.1 Å². The quantitative estimate of drug-likeness (QED) is 0.545. The number of hydrogen-bond acceptors (Lipinski definition) is 8. The summed E-state index contributed by atoms with van der Waals surface area (Å²) in [6, 6.07) is 7.25. The molecule has 11 heteroatoms. The second-order valence-corrected chi connectivity index (χ2v) is 9.73. The van der Waals surface area contributed by atoms with Gasteiger partial charge in [0.05, 0.1) is 11.4 Å². The van der Waals surface area contributed by atoms with Crippen LogP contribution in [0.3, 0.4) is 0 Å². The number of oxime groups is 1. The van der Waals surface area contributed by atoms with Crippen molar-refractivity contribution >= 4 is 29.1 Å². The van der Waals surface area contributed by atoms with Crippen molar-refractivity contribution in [3.05, 3.63) is 47.0 Å². The Hall–Kier alpha value is -4.02. The maximum Gasteiger partial charge on any atom is 0.270 e. The Morgan fingerprint density at radius 3 is 2.73 bits per heavy atom. The van der Waals surface area contributed by atoms with Gasteiger partial charge in [0.1, 0.15) is 29.1 Å². The van der Waals surface area contributed by atoms with E-state index in [0.717, 1.165) is 31.2 Å². The number of nitrogens with one attached hydrogen (secondary N) is 3. The monoisotopic (exact) mass is 506 g/mol. The van der Waals surface area contributed by atoms with Gasteiger partial charge in [-0.2, -0.15) is 0 Å². The first-order chi connectivity index (χ1) is 17.8. The van der Waals surface area contributed by atoms with E-state index in [-0.39, 0.29) is 48.7 Å². The Kier molecular flexibility index (Phi) is 7.02. The number of aromatic nitrogens is 2. The van der Waals surface area contributed by atoms with Gasteiger partial charge in [-0.05, 0) is 62.3 Å². The number of amides is 3. The largest absolute Gasteiger partial charge is 0.482 e. The maximum atomic E-state index is 12.9. The van der Waals surface area contributed by atoms with Gasteiger partial charge >= 0.3 is 0 Å². The lowest BCUT2D eigenvalue weighted by atomic mass is 9.81. The highest BCUT2D eigenvalue weighted by Crippen LogP contribution is 2.33. The van der Waals surface area contributed by atoms with Crippen LogP contribution in [0.1, 0.15) is 66.6 Å². The number of benzene rings is 1. The molecule has 1 aromatic heterocycles. The third-order valence-corrected chi connectivity index (χ3v) is 6.89. The molecule has 5 rings (SSSR count). The van der Waals surface area contributed by atoms with Gasteiger partial charge in [-0.1, -0.05) is 11.2 Å². The number of hydrogen-bond donors (Lipinski definition) is 3. The van der Waals surface area contributed by atoms with E-state index in [1.807, 2.05) is 6.07 Å². The van der Waals surface area contributed by atoms with Crippen LogP contribution in [0.4, 0.5) is 5.69 Å². The summed E-state index contributed by atoms with van der Waals surface area (Å²) in [5.74, 6) is 0.899. The van der Waals surface area contributed by atoms with Crippen LogP contribution in [0.2, 0.25) is 0 Å². The summed E-state index contributed by atoms with van der Waals surface area (Å²) < 4.78 is 5.37. The van der Waals surface area contributed by atoms with E-state index in [1.165, 1.54) is 0 Å². The number of nitrogens with zero attached hydrogens (tertiary/aromatic N) is 3. The maximum absolute atomic E-state index is 12.9. The molecular formula is C26H30N6O5. The van der Waals surface area contributed by atoms with Gasteiger partial charge < -0.3 is 25.5 Å². The van der Waals surface area contributed by atoms with Crippen LogP contribution in [0.25, 0.3) is 0 Å². The van der Waals surface area contributed by atoms with E-state index in [9.17, 15) is 14.4 Å². The highest BCUT2D eigenvalue weighted by Gasteiger charge is 2.34. The molecule has 3 amide bonds. The normalized spacial score (nSPS) is 22.6. The topological polar surface area (TPSA) is 144 Å². The molecule has 3 N–H and O–H groups in total. The van der Waals surface area contributed by atoms with Crippen molar-refractivity contribution in [1.29, 1.82) is 0 Å². The fraction of sp³-hybridized carbons (Fsp3) is 0.462. The van der Waals surface area contributed by atoms with E-state index < -0.39 is 0 Å². The molecular weight excluding hydrogens is 476 g/mol. The average molecular weight is 507 g/mol. The zero-order valence-corrected chi connectivity index (χ0v) is 20.9. The SMILES string of the molecule is CC(=O)N[C@H]1CC[C@H]([C@@H]2CC(c3cc(C(=O)NCc4ccc5c(c4)NC(=O)CO5)nc(C)n3)=NO2)CC1. The summed E-state index contributed by atoms with van der Waals surface area (Å²) >= 11 is 0. The molecule has 1 aliphatic carbocycles. The molecule has 194 valence electrons. The number of aryl methyl sites for hydroxylation is 1. The number of ether oxygens (including phenoxy) is 1. The number of carbonyl (C=O) groups is 3. The second-order valence-electron chi connectivity index (χ2n) is 9.73. The first-order valence-electron chi connectivity index (χ1n) is 12.5. The average Bonchev–Trinajstić information content (AvgIpc) is 3.37. The van der Waals surface area contributed by atoms with Crippen LogP contribution in [0.5, 0.6) is 5.75 Å². The Morgan fingerprint density at radius 1 is 1.14 bits per heavy atom. The van der Waals surface area contributed by atoms with Crippen molar-refractivity contribution in [2.45, 2.75) is 64.6 Å². The van der Waals surface area contributed by atoms with Crippen LogP contribution in [0.15, 0.2) is 29.4 Å². The minimum atomic E-state index is -0.336. The molecule has 1 atom stereocenters. The molecule has 0 unspecified atom stereocenters. The summed E-state index contributed by atoms with van der Waals surface area (Å²) in [6.45, 7) is 3.54. The van der Waals surface area contributed by atoms with Crippen LogP contribution in [-0.2, 0) is 21.0 Å². The summed E-state index contributed by atoms with van der Waals surface area (Å²) in [4.78, 5) is 50.4. The first kappa shape index (κ1) is 24.7. The van der Waals surface area contributed by atoms with Crippen molar-refractivity contribution < 1.29 is 24.0 Å². The Bertz CT molecular complexity index is 1250. The number of carbonyl (C=O) groups excluding carboxylic acids is 3. The molecule has 2 aromatic rings. The van der Waals surface area contributed by atoms with Gasteiger partial charge in [0.2, 0.25) is 5.91 Å². The number of anilines is 1. The van der Waals surface area contributed by atoms with Crippen molar-refractivity contribution in [2.75, 3.05) is 11.9 Å². The molecule has 3 aliphatic rings. The first-order valence-corrected chi connectivity index (χ1v) is 12.5. The second kappa shape index (κ2) is 10.5. The van der Waals surface area contributed by atoms with E-state index in [0.29, 0.717) is 41.0 Å². The number of fused-ring (bicyclic) bond motifs is 1. The zero-order chi connectivity index (χ0) is 25.9. The molecule has 11 nitrogen and oxygen atoms in total. The Labute approximate surface area is 214 Å². The standard InChI is InChI=1S/C26H30N6O5/c1-14-28-19(20-11-24(37-32-20)17-4-6-18(7-5-17)30-15(2)33)10-22(29-14)26(35)27-12-16-3-8-23-21(9-16)31-25(34)13-36-23/h3,8-10,17-18,24H,4-7,11-13H2,1-2H3,(H,27,35)(H,30,33)(H,31,34)/t17-,18-,24-/m0/s1. The molecule has 3 heterocycles. The van der Waals surface area contributed by atoms with E-state index in [4.69, 9.17) is 9.57 Å². The summed E-state index contributed by atoms with van der Waals surface area (Å²) in [7, 11) is 0. The summed E-state index contributed by atoms with van der Waals surface area (Å²) in [5.41, 5.74) is 2.94. The van der Waals surface area contributed by atoms with Crippen LogP contribution < -0.4 is 20.7 Å². The van der Waals surface area contributed by atoms with Crippen LogP contribution >= 0.6 is 0 Å². The van der Waals surface area contributed by atoms with Crippen molar-refractivity contribution in [2.24, 2.45) is 11.1 Å². The number of rotatable bonds is 6. The third kappa shape index (κ3) is 5.87. The lowest BCUT2D eigenvalue weighted by Crippen LogP contribution is -2.38. The summed E-state index contributed by atoms with van der Waals surface area (Å²) in [5, 5.41) is 12.9. The van der Waals surface area contributed by atoms with Crippen molar-refractivity contribution in [3.8, 4) is 5.75 Å². The lowest BCUT2D eigenvalue weighted by molar-refractivity contribution is -0.120. The Morgan fingerprint density at radius 2 is 1.95 bits per heavy atom. The van der Waals surface area contributed by atoms with Crippen LogP contribution in [-0.4, -0.2) is 52.2 Å².